The molecule has 3 aromatic carbocycles. The molecular weight excluding hydrogens is 418 g/mol. The zero-order chi connectivity index (χ0) is 22.3. The smallest absolute Gasteiger partial charge is 0.233 e. The van der Waals surface area contributed by atoms with Crippen LogP contribution in [0.5, 0.6) is 17.2 Å². The van der Waals surface area contributed by atoms with Gasteiger partial charge in [-0.2, -0.15) is 0 Å². The van der Waals surface area contributed by atoms with Crippen LogP contribution in [0, 0.1) is 23.3 Å². The maximum absolute atomic E-state index is 14.1. The molecule has 0 amide bonds. The zero-order valence-corrected chi connectivity index (χ0v) is 16.6. The van der Waals surface area contributed by atoms with Gasteiger partial charge >= 0.3 is 0 Å². The van der Waals surface area contributed by atoms with Crippen molar-refractivity contribution in [2.75, 3.05) is 21.3 Å². The van der Waals surface area contributed by atoms with E-state index in [-0.39, 0.29) is 17.2 Å². The van der Waals surface area contributed by atoms with Gasteiger partial charge in [-0.25, -0.2) is 22.5 Å². The molecule has 0 bridgehead atoms. The molecule has 0 aliphatic rings. The van der Waals surface area contributed by atoms with Crippen molar-refractivity contribution in [2.24, 2.45) is 0 Å². The minimum Gasteiger partial charge on any atom is -0.493 e. The van der Waals surface area contributed by atoms with Gasteiger partial charge in [0.2, 0.25) is 11.6 Å². The summed E-state index contributed by atoms with van der Waals surface area (Å²) in [7, 11) is 4.43. The Hall–Kier alpha value is -3.75. The predicted octanol–water partition coefficient (Wildman–Crippen LogP) is 5.74. The van der Waals surface area contributed by atoms with Crippen molar-refractivity contribution in [1.29, 1.82) is 0 Å². The largest absolute Gasteiger partial charge is 0.493 e. The highest BCUT2D eigenvalue weighted by molar-refractivity contribution is 5.85. The quantitative estimate of drug-likeness (QED) is 0.297. The molecule has 0 saturated carbocycles. The maximum atomic E-state index is 14.1. The van der Waals surface area contributed by atoms with E-state index in [4.69, 9.17) is 18.6 Å². The average Bonchev–Trinajstić information content (AvgIpc) is 3.19. The second-order valence-corrected chi connectivity index (χ2v) is 6.43. The van der Waals surface area contributed by atoms with Crippen molar-refractivity contribution in [3.05, 3.63) is 59.7 Å². The Bertz CT molecular complexity index is 1280. The number of halogens is 4. The molecule has 0 unspecified atom stereocenters. The molecule has 5 nitrogen and oxygen atoms in total. The van der Waals surface area contributed by atoms with Crippen LogP contribution in [0.2, 0.25) is 0 Å². The zero-order valence-electron chi connectivity index (χ0n) is 16.6. The van der Waals surface area contributed by atoms with Crippen LogP contribution >= 0.6 is 0 Å². The van der Waals surface area contributed by atoms with Gasteiger partial charge < -0.3 is 18.6 Å². The fourth-order valence-electron chi connectivity index (χ4n) is 3.29. The molecule has 0 N–H and O–H groups in total. The van der Waals surface area contributed by atoms with E-state index in [1.54, 1.807) is 30.3 Å². The number of ether oxygens (including phenoxy) is 3. The Morgan fingerprint density at radius 1 is 0.774 bits per heavy atom. The average molecular weight is 433 g/mol. The third-order valence-electron chi connectivity index (χ3n) is 4.73. The maximum Gasteiger partial charge on any atom is 0.233 e. The Morgan fingerprint density at radius 2 is 1.45 bits per heavy atom. The normalized spacial score (nSPS) is 11.1. The third kappa shape index (κ3) is 3.31. The standard InChI is InChI=1S/C22H15F4NO4/c1-28-15-7-5-11(20(29-2)21(15)30-3)10-4-6-14-16(8-10)31-22(27-14)17-18(25)12(23)9-13(24)19(17)26/h4-9H,1-3H3. The number of benzene rings is 3. The number of hydrogen-bond donors (Lipinski definition) is 0. The fourth-order valence-corrected chi connectivity index (χ4v) is 3.29. The lowest BCUT2D eigenvalue weighted by Gasteiger charge is -2.15. The molecule has 0 radical (unpaired) electrons. The van der Waals surface area contributed by atoms with Gasteiger partial charge in [-0.3, -0.25) is 0 Å². The Morgan fingerprint density at radius 3 is 2.06 bits per heavy atom. The van der Waals surface area contributed by atoms with Crippen LogP contribution in [0.25, 0.3) is 33.7 Å². The van der Waals surface area contributed by atoms with Crippen LogP contribution < -0.4 is 14.2 Å². The van der Waals surface area contributed by atoms with Crippen LogP contribution in [0.1, 0.15) is 0 Å². The lowest BCUT2D eigenvalue weighted by Crippen LogP contribution is -1.98. The summed E-state index contributed by atoms with van der Waals surface area (Å²) in [6, 6.07) is 8.32. The van der Waals surface area contributed by atoms with E-state index in [9.17, 15) is 17.6 Å². The van der Waals surface area contributed by atoms with Gasteiger partial charge in [0.25, 0.3) is 0 Å². The van der Waals surface area contributed by atoms with E-state index in [0.717, 1.165) is 0 Å². The summed E-state index contributed by atoms with van der Waals surface area (Å²) in [5.74, 6) is -5.63. The van der Waals surface area contributed by atoms with E-state index in [1.165, 1.54) is 21.3 Å². The summed E-state index contributed by atoms with van der Waals surface area (Å²) in [6.45, 7) is 0. The molecule has 0 aliphatic heterocycles. The van der Waals surface area contributed by atoms with Gasteiger partial charge in [-0.15, -0.1) is 0 Å². The fraction of sp³-hybridized carbons (Fsp3) is 0.136. The Kier molecular flexibility index (Phi) is 5.18. The number of hydrogen-bond acceptors (Lipinski definition) is 5. The molecule has 0 atom stereocenters. The summed E-state index contributed by atoms with van der Waals surface area (Å²) in [6.07, 6.45) is 0. The van der Waals surface area contributed by atoms with E-state index in [2.05, 4.69) is 4.98 Å². The molecule has 1 heterocycles. The number of rotatable bonds is 5. The monoisotopic (exact) mass is 433 g/mol. The number of fused-ring (bicyclic) bond motifs is 1. The number of nitrogens with zero attached hydrogens (tertiary/aromatic N) is 1. The molecule has 0 fully saturated rings. The molecule has 160 valence electrons. The molecule has 1 aromatic heterocycles. The van der Waals surface area contributed by atoms with Crippen molar-refractivity contribution < 1.29 is 36.2 Å². The minimum absolute atomic E-state index is 0.123. The highest BCUT2D eigenvalue weighted by atomic mass is 19.2. The molecular formula is C22H15F4NO4. The highest BCUT2D eigenvalue weighted by Gasteiger charge is 2.25. The summed E-state index contributed by atoms with van der Waals surface area (Å²) >= 11 is 0. The lowest BCUT2D eigenvalue weighted by molar-refractivity contribution is 0.325. The van der Waals surface area contributed by atoms with Gasteiger partial charge in [0.1, 0.15) is 11.1 Å². The van der Waals surface area contributed by atoms with Crippen LogP contribution in [-0.4, -0.2) is 26.3 Å². The summed E-state index contributed by atoms with van der Waals surface area (Å²) in [4.78, 5) is 3.97. The third-order valence-corrected chi connectivity index (χ3v) is 4.73. The van der Waals surface area contributed by atoms with Crippen LogP contribution in [0.15, 0.2) is 40.8 Å². The van der Waals surface area contributed by atoms with E-state index >= 15 is 0 Å². The molecule has 0 aliphatic carbocycles. The summed E-state index contributed by atoms with van der Waals surface area (Å²) < 4.78 is 77.0. The minimum atomic E-state index is -1.59. The molecule has 0 spiro atoms. The topological polar surface area (TPSA) is 53.7 Å². The van der Waals surface area contributed by atoms with Crippen LogP contribution in [0.4, 0.5) is 17.6 Å². The van der Waals surface area contributed by atoms with E-state index in [0.29, 0.717) is 28.4 Å². The lowest BCUT2D eigenvalue weighted by atomic mass is 10.0. The van der Waals surface area contributed by atoms with Crippen molar-refractivity contribution in [3.63, 3.8) is 0 Å². The first kappa shape index (κ1) is 20.5. The van der Waals surface area contributed by atoms with E-state index in [1.807, 2.05) is 0 Å². The highest BCUT2D eigenvalue weighted by Crippen LogP contribution is 2.45. The van der Waals surface area contributed by atoms with Crippen molar-refractivity contribution >= 4 is 11.1 Å². The van der Waals surface area contributed by atoms with Crippen LogP contribution in [0.3, 0.4) is 0 Å². The molecule has 4 aromatic rings. The molecule has 0 saturated heterocycles. The Balaban J connectivity index is 1.87. The van der Waals surface area contributed by atoms with Gasteiger partial charge in [0.05, 0.1) is 21.3 Å². The van der Waals surface area contributed by atoms with Gasteiger partial charge in [-0.1, -0.05) is 6.07 Å². The number of oxazole rings is 1. The molecule has 4 rings (SSSR count). The number of methoxy groups -OCH3 is 3. The first-order valence-electron chi connectivity index (χ1n) is 8.92. The van der Waals surface area contributed by atoms with Gasteiger partial charge in [0.15, 0.2) is 40.4 Å². The van der Waals surface area contributed by atoms with Crippen molar-refractivity contribution in [1.82, 2.24) is 4.98 Å². The molecule has 31 heavy (non-hydrogen) atoms. The second-order valence-electron chi connectivity index (χ2n) is 6.43. The van der Waals surface area contributed by atoms with Crippen LogP contribution in [-0.2, 0) is 0 Å². The van der Waals surface area contributed by atoms with E-state index < -0.39 is 34.7 Å². The first-order valence-corrected chi connectivity index (χ1v) is 8.92. The summed E-state index contributed by atoms with van der Waals surface area (Å²) in [5.41, 5.74) is 0.599. The number of aromatic nitrogens is 1. The van der Waals surface area contributed by atoms with Crippen molar-refractivity contribution in [2.45, 2.75) is 0 Å². The van der Waals surface area contributed by atoms with Crippen molar-refractivity contribution in [3.8, 4) is 39.8 Å². The predicted molar refractivity (Wildman–Crippen MR) is 104 cm³/mol. The Labute approximate surface area is 173 Å². The van der Waals surface area contributed by atoms with Gasteiger partial charge in [-0.05, 0) is 29.8 Å². The SMILES string of the molecule is COc1ccc(-c2ccc3nc(-c4c(F)c(F)cc(F)c4F)oc3c2)c(OC)c1OC. The molecule has 9 heteroatoms. The summed E-state index contributed by atoms with van der Waals surface area (Å²) in [5, 5.41) is 0. The first-order chi connectivity index (χ1) is 14.9. The second kappa shape index (κ2) is 7.82. The van der Waals surface area contributed by atoms with Gasteiger partial charge in [0, 0.05) is 11.6 Å².